The fourth-order valence-corrected chi connectivity index (χ4v) is 3.53. The van der Waals surface area contributed by atoms with Crippen molar-refractivity contribution in [3.63, 3.8) is 0 Å². The van der Waals surface area contributed by atoms with Gasteiger partial charge in [-0.3, -0.25) is 9.59 Å². The molecule has 3 rings (SSSR count). The van der Waals surface area contributed by atoms with E-state index in [-0.39, 0.29) is 11.8 Å². The van der Waals surface area contributed by atoms with E-state index in [9.17, 15) is 9.59 Å². The van der Waals surface area contributed by atoms with Crippen LogP contribution in [0.1, 0.15) is 29.4 Å². The number of ether oxygens (including phenoxy) is 1. The minimum atomic E-state index is -0.411. The highest BCUT2D eigenvalue weighted by atomic mass is 32.1. The number of nitrogens with zero attached hydrogens (tertiary/aromatic N) is 1. The van der Waals surface area contributed by atoms with Crippen LogP contribution < -0.4 is 10.1 Å². The van der Waals surface area contributed by atoms with Gasteiger partial charge in [-0.1, -0.05) is 6.07 Å². The van der Waals surface area contributed by atoms with Crippen LogP contribution in [0.15, 0.2) is 41.8 Å². The zero-order valence-electron chi connectivity index (χ0n) is 13.5. The summed E-state index contributed by atoms with van der Waals surface area (Å²) in [4.78, 5) is 27.5. The van der Waals surface area contributed by atoms with E-state index in [1.54, 1.807) is 11.0 Å². The Hall–Kier alpha value is -2.34. The number of hydrogen-bond donors (Lipinski definition) is 1. The Morgan fingerprint density at radius 3 is 2.75 bits per heavy atom. The zero-order valence-corrected chi connectivity index (χ0v) is 14.3. The largest absolute Gasteiger partial charge is 0.494 e. The van der Waals surface area contributed by atoms with Gasteiger partial charge in [0, 0.05) is 12.2 Å². The van der Waals surface area contributed by atoms with E-state index in [1.165, 1.54) is 11.3 Å². The lowest BCUT2D eigenvalue weighted by Gasteiger charge is -2.23. The minimum Gasteiger partial charge on any atom is -0.494 e. The predicted octanol–water partition coefficient (Wildman–Crippen LogP) is 3.39. The Bertz CT molecular complexity index is 698. The highest BCUT2D eigenvalue weighted by molar-refractivity contribution is 7.12. The van der Waals surface area contributed by atoms with Gasteiger partial charge >= 0.3 is 0 Å². The van der Waals surface area contributed by atoms with Crippen molar-refractivity contribution in [2.75, 3.05) is 18.5 Å². The standard InChI is InChI=1S/C18H20N2O3S/c1-2-23-14-9-7-13(8-10-14)19-17(21)15-5-3-11-20(15)18(22)16-6-4-12-24-16/h4,6-10,12,15H,2-3,5,11H2,1H3,(H,19,21). The third kappa shape index (κ3) is 3.59. The summed E-state index contributed by atoms with van der Waals surface area (Å²) in [7, 11) is 0. The van der Waals surface area contributed by atoms with Crippen molar-refractivity contribution in [1.29, 1.82) is 0 Å². The summed E-state index contributed by atoms with van der Waals surface area (Å²) in [5.74, 6) is 0.571. The van der Waals surface area contributed by atoms with Crippen LogP contribution >= 0.6 is 11.3 Å². The molecule has 1 aliphatic heterocycles. The second kappa shape index (κ2) is 7.49. The minimum absolute atomic E-state index is 0.0608. The first-order valence-electron chi connectivity index (χ1n) is 8.07. The topological polar surface area (TPSA) is 58.6 Å². The van der Waals surface area contributed by atoms with Crippen LogP contribution in [0.25, 0.3) is 0 Å². The van der Waals surface area contributed by atoms with Gasteiger partial charge in [0.15, 0.2) is 0 Å². The molecule has 2 heterocycles. The molecule has 1 aromatic heterocycles. The normalized spacial score (nSPS) is 16.9. The number of carbonyl (C=O) groups is 2. The van der Waals surface area contributed by atoms with E-state index in [0.717, 1.165) is 12.2 Å². The molecule has 0 saturated carbocycles. The average molecular weight is 344 g/mol. The van der Waals surface area contributed by atoms with E-state index in [2.05, 4.69) is 5.32 Å². The molecule has 1 aromatic carbocycles. The van der Waals surface area contributed by atoms with Gasteiger partial charge in [-0.05, 0) is 55.5 Å². The highest BCUT2D eigenvalue weighted by Gasteiger charge is 2.34. The average Bonchev–Trinajstić information content (AvgIpc) is 3.28. The Balaban J connectivity index is 1.66. The van der Waals surface area contributed by atoms with Crippen LogP contribution in [-0.2, 0) is 4.79 Å². The molecule has 0 spiro atoms. The molecule has 0 aliphatic carbocycles. The summed E-state index contributed by atoms with van der Waals surface area (Å²) in [5, 5.41) is 4.77. The quantitative estimate of drug-likeness (QED) is 0.904. The number of rotatable bonds is 5. The maximum atomic E-state index is 12.6. The summed E-state index contributed by atoms with van der Waals surface area (Å²) in [5.41, 5.74) is 0.707. The van der Waals surface area contributed by atoms with Crippen molar-refractivity contribution in [3.8, 4) is 5.75 Å². The third-order valence-corrected chi connectivity index (χ3v) is 4.84. The number of nitrogens with one attached hydrogen (secondary N) is 1. The Morgan fingerprint density at radius 1 is 1.29 bits per heavy atom. The fourth-order valence-electron chi connectivity index (χ4n) is 2.85. The van der Waals surface area contributed by atoms with E-state index >= 15 is 0 Å². The number of amides is 2. The van der Waals surface area contributed by atoms with Gasteiger partial charge in [-0.25, -0.2) is 0 Å². The van der Waals surface area contributed by atoms with Crippen LogP contribution in [-0.4, -0.2) is 35.9 Å². The Labute approximate surface area is 145 Å². The van der Waals surface area contributed by atoms with Crippen LogP contribution in [0.4, 0.5) is 5.69 Å². The van der Waals surface area contributed by atoms with Crippen LogP contribution in [0.2, 0.25) is 0 Å². The summed E-state index contributed by atoms with van der Waals surface area (Å²) < 4.78 is 5.39. The number of hydrogen-bond acceptors (Lipinski definition) is 4. The second-order valence-corrected chi connectivity index (χ2v) is 6.53. The van der Waals surface area contributed by atoms with Gasteiger partial charge in [0.25, 0.3) is 5.91 Å². The van der Waals surface area contributed by atoms with E-state index in [0.29, 0.717) is 30.1 Å². The molecule has 1 unspecified atom stereocenters. The van der Waals surface area contributed by atoms with Crippen molar-refractivity contribution in [3.05, 3.63) is 46.7 Å². The molecule has 5 nitrogen and oxygen atoms in total. The first-order valence-corrected chi connectivity index (χ1v) is 8.95. The van der Waals surface area contributed by atoms with Crippen molar-refractivity contribution in [2.24, 2.45) is 0 Å². The number of anilines is 1. The summed E-state index contributed by atoms with van der Waals surface area (Å²) >= 11 is 1.40. The molecular formula is C18H20N2O3S. The summed E-state index contributed by atoms with van der Waals surface area (Å²) in [6.07, 6.45) is 1.54. The van der Waals surface area contributed by atoms with Crippen LogP contribution in [0.3, 0.4) is 0 Å². The molecule has 1 saturated heterocycles. The van der Waals surface area contributed by atoms with Crippen LogP contribution in [0, 0.1) is 0 Å². The first kappa shape index (κ1) is 16.5. The molecule has 2 amide bonds. The van der Waals surface area contributed by atoms with Gasteiger partial charge in [0.2, 0.25) is 5.91 Å². The maximum Gasteiger partial charge on any atom is 0.264 e. The van der Waals surface area contributed by atoms with Gasteiger partial charge in [-0.2, -0.15) is 0 Å². The van der Waals surface area contributed by atoms with E-state index in [1.807, 2.05) is 42.6 Å². The first-order chi connectivity index (χ1) is 11.7. The summed E-state index contributed by atoms with van der Waals surface area (Å²) in [6, 6.07) is 10.5. The lowest BCUT2D eigenvalue weighted by atomic mass is 10.2. The fraction of sp³-hybridized carbons (Fsp3) is 0.333. The molecule has 24 heavy (non-hydrogen) atoms. The molecule has 0 radical (unpaired) electrons. The molecule has 1 atom stereocenters. The maximum absolute atomic E-state index is 12.6. The molecule has 1 fully saturated rings. The molecule has 2 aromatic rings. The molecule has 1 N–H and O–H groups in total. The summed E-state index contributed by atoms with van der Waals surface area (Å²) in [6.45, 7) is 3.15. The number of carbonyl (C=O) groups excluding carboxylic acids is 2. The van der Waals surface area contributed by atoms with Crippen molar-refractivity contribution in [1.82, 2.24) is 4.90 Å². The second-order valence-electron chi connectivity index (χ2n) is 5.58. The zero-order chi connectivity index (χ0) is 16.9. The Kier molecular flexibility index (Phi) is 5.15. The lowest BCUT2D eigenvalue weighted by Crippen LogP contribution is -2.42. The Morgan fingerprint density at radius 2 is 2.08 bits per heavy atom. The van der Waals surface area contributed by atoms with Crippen molar-refractivity contribution >= 4 is 28.8 Å². The monoisotopic (exact) mass is 344 g/mol. The molecular weight excluding hydrogens is 324 g/mol. The van der Waals surface area contributed by atoms with E-state index in [4.69, 9.17) is 4.74 Å². The van der Waals surface area contributed by atoms with Gasteiger partial charge in [0.05, 0.1) is 11.5 Å². The SMILES string of the molecule is CCOc1ccc(NC(=O)C2CCCN2C(=O)c2cccs2)cc1. The van der Waals surface area contributed by atoms with Crippen molar-refractivity contribution < 1.29 is 14.3 Å². The number of benzene rings is 1. The smallest absolute Gasteiger partial charge is 0.264 e. The molecule has 0 bridgehead atoms. The molecule has 6 heteroatoms. The molecule has 1 aliphatic rings. The van der Waals surface area contributed by atoms with Gasteiger partial charge < -0.3 is 15.0 Å². The molecule has 126 valence electrons. The van der Waals surface area contributed by atoms with Crippen molar-refractivity contribution in [2.45, 2.75) is 25.8 Å². The number of likely N-dealkylation sites (tertiary alicyclic amines) is 1. The van der Waals surface area contributed by atoms with Gasteiger partial charge in [-0.15, -0.1) is 11.3 Å². The predicted molar refractivity (Wildman–Crippen MR) is 94.6 cm³/mol. The number of thiophene rings is 1. The van der Waals surface area contributed by atoms with Gasteiger partial charge in [0.1, 0.15) is 11.8 Å². The van der Waals surface area contributed by atoms with Crippen LogP contribution in [0.5, 0.6) is 5.75 Å². The third-order valence-electron chi connectivity index (χ3n) is 3.98. The van der Waals surface area contributed by atoms with E-state index < -0.39 is 6.04 Å². The highest BCUT2D eigenvalue weighted by Crippen LogP contribution is 2.24. The lowest BCUT2D eigenvalue weighted by molar-refractivity contribution is -0.119.